The third kappa shape index (κ3) is 3.41. The Bertz CT molecular complexity index is 680. The molecule has 0 unspecified atom stereocenters. The predicted molar refractivity (Wildman–Crippen MR) is 95.9 cm³/mol. The zero-order valence-electron chi connectivity index (χ0n) is 13.6. The van der Waals surface area contributed by atoms with E-state index in [0.29, 0.717) is 29.8 Å². The van der Waals surface area contributed by atoms with Crippen molar-refractivity contribution in [3.05, 3.63) is 51.7 Å². The van der Waals surface area contributed by atoms with Crippen molar-refractivity contribution in [2.75, 3.05) is 25.4 Å². The van der Waals surface area contributed by atoms with Gasteiger partial charge in [0.2, 0.25) is 0 Å². The Balaban J connectivity index is 1.55. The van der Waals surface area contributed by atoms with Crippen LogP contribution in [0.25, 0.3) is 0 Å². The number of nitrogens with one attached hydrogen (secondary N) is 1. The molecule has 5 heteroatoms. The highest BCUT2D eigenvalue weighted by Crippen LogP contribution is 2.38. The van der Waals surface area contributed by atoms with Crippen molar-refractivity contribution in [2.45, 2.75) is 25.8 Å². The van der Waals surface area contributed by atoms with Crippen molar-refractivity contribution in [2.24, 2.45) is 0 Å². The number of nitrogens with two attached hydrogens (primary N) is 1. The van der Waals surface area contributed by atoms with Crippen LogP contribution >= 0.6 is 11.3 Å². The molecule has 1 amide bonds. The molecule has 1 aliphatic heterocycles. The third-order valence-electron chi connectivity index (χ3n) is 4.55. The van der Waals surface area contributed by atoms with Gasteiger partial charge in [-0.15, -0.1) is 11.3 Å². The average molecular weight is 329 g/mol. The fourth-order valence-corrected chi connectivity index (χ4v) is 4.30. The number of carbonyl (C=O) groups excluding carboxylic acids is 1. The Kier molecular flexibility index (Phi) is 4.68. The van der Waals surface area contributed by atoms with Crippen LogP contribution in [0.1, 0.15) is 46.6 Å². The fourth-order valence-electron chi connectivity index (χ4n) is 3.19. The number of fused-ring (bicyclic) bond motifs is 1. The molecule has 0 bridgehead atoms. The van der Waals surface area contributed by atoms with Gasteiger partial charge in [0.05, 0.1) is 0 Å². The first-order chi connectivity index (χ1) is 11.1. The Morgan fingerprint density at radius 2 is 2.04 bits per heavy atom. The van der Waals surface area contributed by atoms with E-state index in [0.717, 1.165) is 13.1 Å². The van der Waals surface area contributed by atoms with Gasteiger partial charge in [-0.3, -0.25) is 9.69 Å². The topological polar surface area (TPSA) is 58.4 Å². The van der Waals surface area contributed by atoms with E-state index in [1.807, 2.05) is 11.3 Å². The summed E-state index contributed by atoms with van der Waals surface area (Å²) >= 11 is 1.84. The molecule has 1 aromatic carbocycles. The normalized spacial score (nSPS) is 21.0. The maximum absolute atomic E-state index is 12.1. The van der Waals surface area contributed by atoms with E-state index in [-0.39, 0.29) is 5.91 Å². The molecular weight excluding hydrogens is 306 g/mol. The molecule has 0 aliphatic carbocycles. The van der Waals surface area contributed by atoms with E-state index in [1.54, 1.807) is 24.3 Å². The van der Waals surface area contributed by atoms with Gasteiger partial charge in [-0.2, -0.15) is 0 Å². The highest BCUT2D eigenvalue weighted by Gasteiger charge is 2.28. The van der Waals surface area contributed by atoms with Crippen LogP contribution in [0.2, 0.25) is 0 Å². The molecule has 0 saturated carbocycles. The Labute approximate surface area is 141 Å². The van der Waals surface area contributed by atoms with Gasteiger partial charge in [-0.1, -0.05) is 6.92 Å². The molecule has 4 nitrogen and oxygen atoms in total. The van der Waals surface area contributed by atoms with Gasteiger partial charge in [0.1, 0.15) is 0 Å². The SMILES string of the molecule is C[C@@H]1CN(CCNC(=O)c2ccc(N)cc2)[C@@H](C)c2sccc21. The van der Waals surface area contributed by atoms with Gasteiger partial charge >= 0.3 is 0 Å². The Hall–Kier alpha value is -1.85. The van der Waals surface area contributed by atoms with Gasteiger partial charge in [0, 0.05) is 41.8 Å². The van der Waals surface area contributed by atoms with Crippen LogP contribution in [0.5, 0.6) is 0 Å². The molecule has 2 aromatic rings. The summed E-state index contributed by atoms with van der Waals surface area (Å²) in [7, 11) is 0. The predicted octanol–water partition coefficient (Wildman–Crippen LogP) is 3.24. The molecule has 1 aromatic heterocycles. The lowest BCUT2D eigenvalue weighted by atomic mass is 9.93. The molecule has 3 rings (SSSR count). The summed E-state index contributed by atoms with van der Waals surface area (Å²) in [6.07, 6.45) is 0. The maximum Gasteiger partial charge on any atom is 0.251 e. The van der Waals surface area contributed by atoms with E-state index < -0.39 is 0 Å². The minimum atomic E-state index is -0.0421. The molecule has 122 valence electrons. The summed E-state index contributed by atoms with van der Waals surface area (Å²) < 4.78 is 0. The summed E-state index contributed by atoms with van der Waals surface area (Å²) in [5.74, 6) is 0.514. The summed E-state index contributed by atoms with van der Waals surface area (Å²) in [4.78, 5) is 16.0. The van der Waals surface area contributed by atoms with E-state index in [9.17, 15) is 4.79 Å². The number of amides is 1. The molecule has 0 radical (unpaired) electrons. The number of hydrogen-bond acceptors (Lipinski definition) is 4. The maximum atomic E-state index is 12.1. The second-order valence-electron chi connectivity index (χ2n) is 6.19. The van der Waals surface area contributed by atoms with Gasteiger partial charge in [0.25, 0.3) is 5.91 Å². The van der Waals surface area contributed by atoms with Crippen LogP contribution in [0, 0.1) is 0 Å². The number of hydrogen-bond donors (Lipinski definition) is 2. The van der Waals surface area contributed by atoms with Crippen molar-refractivity contribution in [1.29, 1.82) is 0 Å². The first-order valence-electron chi connectivity index (χ1n) is 8.01. The van der Waals surface area contributed by atoms with E-state index in [2.05, 4.69) is 35.5 Å². The highest BCUT2D eigenvalue weighted by atomic mass is 32.1. The highest BCUT2D eigenvalue weighted by molar-refractivity contribution is 7.10. The van der Waals surface area contributed by atoms with Crippen molar-refractivity contribution < 1.29 is 4.79 Å². The van der Waals surface area contributed by atoms with Crippen LogP contribution in [0.4, 0.5) is 5.69 Å². The minimum absolute atomic E-state index is 0.0421. The number of nitrogens with zero attached hydrogens (tertiary/aromatic N) is 1. The van der Waals surface area contributed by atoms with Gasteiger partial charge in [-0.25, -0.2) is 0 Å². The lowest BCUT2D eigenvalue weighted by molar-refractivity contribution is 0.0942. The number of rotatable bonds is 4. The zero-order chi connectivity index (χ0) is 16.4. The van der Waals surface area contributed by atoms with E-state index in [1.165, 1.54) is 10.4 Å². The van der Waals surface area contributed by atoms with Gasteiger partial charge < -0.3 is 11.1 Å². The second-order valence-corrected chi connectivity index (χ2v) is 7.14. The summed E-state index contributed by atoms with van der Waals surface area (Å²) in [5, 5.41) is 5.19. The smallest absolute Gasteiger partial charge is 0.251 e. The largest absolute Gasteiger partial charge is 0.399 e. The van der Waals surface area contributed by atoms with E-state index >= 15 is 0 Å². The average Bonchev–Trinajstić information content (AvgIpc) is 3.03. The molecule has 2 heterocycles. The minimum Gasteiger partial charge on any atom is -0.399 e. The second kappa shape index (κ2) is 6.72. The lowest BCUT2D eigenvalue weighted by Gasteiger charge is -2.36. The number of thiophene rings is 1. The quantitative estimate of drug-likeness (QED) is 0.847. The number of nitrogen functional groups attached to an aromatic ring is 1. The van der Waals surface area contributed by atoms with Crippen LogP contribution in [0.15, 0.2) is 35.7 Å². The van der Waals surface area contributed by atoms with Crippen molar-refractivity contribution >= 4 is 22.9 Å². The number of carbonyl (C=O) groups is 1. The molecule has 0 saturated heterocycles. The van der Waals surface area contributed by atoms with Gasteiger partial charge in [0.15, 0.2) is 0 Å². The molecule has 23 heavy (non-hydrogen) atoms. The Morgan fingerprint density at radius 1 is 1.30 bits per heavy atom. The Morgan fingerprint density at radius 3 is 2.78 bits per heavy atom. The third-order valence-corrected chi connectivity index (χ3v) is 5.65. The summed E-state index contributed by atoms with van der Waals surface area (Å²) in [5.41, 5.74) is 8.46. The van der Waals surface area contributed by atoms with E-state index in [4.69, 9.17) is 5.73 Å². The van der Waals surface area contributed by atoms with Crippen LogP contribution < -0.4 is 11.1 Å². The van der Waals surface area contributed by atoms with Crippen LogP contribution in [-0.4, -0.2) is 30.4 Å². The lowest BCUT2D eigenvalue weighted by Crippen LogP contribution is -2.40. The molecule has 3 N–H and O–H groups in total. The molecular formula is C18H23N3OS. The summed E-state index contributed by atoms with van der Waals surface area (Å²) in [6.45, 7) is 7.09. The van der Waals surface area contributed by atoms with Gasteiger partial charge in [-0.05, 0) is 54.1 Å². The first-order valence-corrected chi connectivity index (χ1v) is 8.89. The summed E-state index contributed by atoms with van der Waals surface area (Å²) in [6, 6.07) is 9.70. The molecule has 0 spiro atoms. The van der Waals surface area contributed by atoms with Crippen LogP contribution in [0.3, 0.4) is 0 Å². The molecule has 1 aliphatic rings. The standard InChI is InChI=1S/C18H23N3OS/c1-12-11-21(13(2)17-16(12)7-10-23-17)9-8-20-18(22)14-3-5-15(19)6-4-14/h3-7,10,12-13H,8-9,11,19H2,1-2H3,(H,20,22)/t12-,13+/m1/s1. The first kappa shape index (κ1) is 16.0. The van der Waals surface area contributed by atoms with Crippen molar-refractivity contribution in [3.8, 4) is 0 Å². The van der Waals surface area contributed by atoms with Crippen molar-refractivity contribution in [1.82, 2.24) is 10.2 Å². The monoisotopic (exact) mass is 329 g/mol. The zero-order valence-corrected chi connectivity index (χ0v) is 14.4. The van der Waals surface area contributed by atoms with Crippen LogP contribution in [-0.2, 0) is 0 Å². The molecule has 2 atom stereocenters. The number of benzene rings is 1. The molecule has 0 fully saturated rings. The number of anilines is 1. The fraction of sp³-hybridized carbons (Fsp3) is 0.389. The van der Waals surface area contributed by atoms with Crippen molar-refractivity contribution in [3.63, 3.8) is 0 Å².